The molecule has 0 bridgehead atoms. The van der Waals surface area contributed by atoms with Crippen molar-refractivity contribution < 1.29 is 8.96 Å². The van der Waals surface area contributed by atoms with Crippen molar-refractivity contribution in [3.63, 3.8) is 0 Å². The van der Waals surface area contributed by atoms with Crippen LogP contribution in [0.1, 0.15) is 0 Å². The maximum atomic E-state index is 14.4. The van der Waals surface area contributed by atoms with Gasteiger partial charge in [0.15, 0.2) is 7.14 Å². The maximum Gasteiger partial charge on any atom is 0.171 e. The normalized spacial score (nSPS) is 11.6. The van der Waals surface area contributed by atoms with Crippen molar-refractivity contribution in [3.8, 4) is 0 Å². The highest BCUT2D eigenvalue weighted by Crippen LogP contribution is 2.44. The summed E-state index contributed by atoms with van der Waals surface area (Å²) in [6.07, 6.45) is 0. The molecule has 0 unspecified atom stereocenters. The summed E-state index contributed by atoms with van der Waals surface area (Å²) in [4.78, 5) is 0. The molecule has 0 atom stereocenters. The van der Waals surface area contributed by atoms with E-state index in [2.05, 4.69) is 0 Å². The largest absolute Gasteiger partial charge is 0.309 e. The summed E-state index contributed by atoms with van der Waals surface area (Å²) in [5.41, 5.74) is 0. The van der Waals surface area contributed by atoms with E-state index in [1.165, 1.54) is 6.07 Å². The summed E-state index contributed by atoms with van der Waals surface area (Å²) in [7, 11) is -3.11. The third kappa shape index (κ3) is 2.59. The van der Waals surface area contributed by atoms with E-state index in [9.17, 15) is 8.96 Å². The number of fused-ring (bicyclic) bond motifs is 1. The van der Waals surface area contributed by atoms with Crippen molar-refractivity contribution in [1.29, 1.82) is 0 Å². The predicted octanol–water partition coefficient (Wildman–Crippen LogP) is 4.62. The molecule has 4 rings (SSSR count). The molecule has 0 heterocycles. The maximum absolute atomic E-state index is 14.4. The van der Waals surface area contributed by atoms with Crippen molar-refractivity contribution in [1.82, 2.24) is 0 Å². The van der Waals surface area contributed by atoms with Crippen molar-refractivity contribution >= 4 is 33.8 Å². The zero-order valence-corrected chi connectivity index (χ0v) is 14.4. The van der Waals surface area contributed by atoms with Crippen LogP contribution >= 0.6 is 7.14 Å². The molecule has 0 aliphatic heterocycles. The van der Waals surface area contributed by atoms with Gasteiger partial charge in [0.25, 0.3) is 0 Å². The van der Waals surface area contributed by atoms with E-state index in [-0.39, 0.29) is 5.82 Å². The molecule has 0 spiro atoms. The van der Waals surface area contributed by atoms with Gasteiger partial charge in [0.2, 0.25) is 0 Å². The Kier molecular flexibility index (Phi) is 3.99. The van der Waals surface area contributed by atoms with Crippen LogP contribution in [0, 0.1) is 5.82 Å². The Morgan fingerprint density at radius 2 is 1.04 bits per heavy atom. The van der Waals surface area contributed by atoms with Gasteiger partial charge < -0.3 is 4.57 Å². The summed E-state index contributed by atoms with van der Waals surface area (Å²) in [5, 5.41) is 3.35. The minimum Gasteiger partial charge on any atom is -0.309 e. The van der Waals surface area contributed by atoms with Gasteiger partial charge in [-0.05, 0) is 17.5 Å². The van der Waals surface area contributed by atoms with Crippen LogP contribution in [0.2, 0.25) is 0 Å². The Labute approximate surface area is 146 Å². The van der Waals surface area contributed by atoms with Crippen LogP contribution in [-0.2, 0) is 4.57 Å². The zero-order valence-electron chi connectivity index (χ0n) is 13.5. The predicted molar refractivity (Wildman–Crippen MR) is 103 cm³/mol. The van der Waals surface area contributed by atoms with Crippen molar-refractivity contribution in [2.45, 2.75) is 0 Å². The molecule has 0 radical (unpaired) electrons. The van der Waals surface area contributed by atoms with E-state index >= 15 is 0 Å². The first-order valence-corrected chi connectivity index (χ1v) is 9.81. The fraction of sp³-hybridized carbons (Fsp3) is 0. The van der Waals surface area contributed by atoms with Crippen molar-refractivity contribution in [2.75, 3.05) is 0 Å². The second-order valence-electron chi connectivity index (χ2n) is 5.89. The average Bonchev–Trinajstić information content (AvgIpc) is 2.69. The molecule has 1 nitrogen and oxygen atoms in total. The van der Waals surface area contributed by atoms with Gasteiger partial charge in [-0.15, -0.1) is 0 Å². The molecule has 0 aliphatic carbocycles. The topological polar surface area (TPSA) is 17.1 Å². The van der Waals surface area contributed by atoms with Gasteiger partial charge in [-0.25, -0.2) is 4.39 Å². The second kappa shape index (κ2) is 6.31. The van der Waals surface area contributed by atoms with Gasteiger partial charge in [-0.3, -0.25) is 0 Å². The fourth-order valence-electron chi connectivity index (χ4n) is 3.22. The van der Waals surface area contributed by atoms with Gasteiger partial charge in [-0.2, -0.15) is 0 Å². The van der Waals surface area contributed by atoms with Crippen LogP contribution in [0.15, 0.2) is 97.1 Å². The lowest BCUT2D eigenvalue weighted by atomic mass is 10.1. The van der Waals surface area contributed by atoms with Gasteiger partial charge in [0, 0.05) is 21.3 Å². The second-order valence-corrected chi connectivity index (χ2v) is 8.63. The van der Waals surface area contributed by atoms with Crippen LogP contribution < -0.4 is 15.9 Å². The molecule has 0 N–H and O–H groups in total. The first-order valence-electron chi connectivity index (χ1n) is 8.10. The number of rotatable bonds is 3. The molecule has 4 aromatic carbocycles. The molecule has 0 aromatic heterocycles. The monoisotopic (exact) mass is 346 g/mol. The lowest BCUT2D eigenvalue weighted by Crippen LogP contribution is -2.25. The van der Waals surface area contributed by atoms with E-state index in [0.29, 0.717) is 16.1 Å². The quantitative estimate of drug-likeness (QED) is 0.495. The van der Waals surface area contributed by atoms with Crippen molar-refractivity contribution in [2.24, 2.45) is 0 Å². The first kappa shape index (κ1) is 15.8. The Bertz CT molecular complexity index is 1030. The molecule has 3 heteroatoms. The summed E-state index contributed by atoms with van der Waals surface area (Å²) >= 11 is 0. The Balaban J connectivity index is 2.11. The highest BCUT2D eigenvalue weighted by atomic mass is 31.2. The van der Waals surface area contributed by atoms with Crippen LogP contribution in [0.5, 0.6) is 0 Å². The lowest BCUT2D eigenvalue weighted by molar-refractivity contribution is 0.592. The minimum atomic E-state index is -3.11. The summed E-state index contributed by atoms with van der Waals surface area (Å²) in [6, 6.07) is 29.2. The SMILES string of the molecule is O=P(c1ccccc1)(c1ccccc1)c1ccc(F)c2ccccc12. The number of halogens is 1. The lowest BCUT2D eigenvalue weighted by Gasteiger charge is -2.21. The van der Waals surface area contributed by atoms with Gasteiger partial charge in [0.1, 0.15) is 5.82 Å². The minimum absolute atomic E-state index is 0.299. The standard InChI is InChI=1S/C22H16FOP/c23-21-15-16-22(20-14-8-7-13-19(20)21)25(24,17-9-3-1-4-10-17)18-11-5-2-6-12-18/h1-16H. The molecule has 0 saturated heterocycles. The van der Waals surface area contributed by atoms with Gasteiger partial charge >= 0.3 is 0 Å². The highest BCUT2D eigenvalue weighted by Gasteiger charge is 2.31. The molecular weight excluding hydrogens is 330 g/mol. The van der Waals surface area contributed by atoms with Crippen LogP contribution in [0.3, 0.4) is 0 Å². The molecule has 0 aliphatic rings. The number of hydrogen-bond donors (Lipinski definition) is 0. The Morgan fingerprint density at radius 1 is 0.560 bits per heavy atom. The number of hydrogen-bond acceptors (Lipinski definition) is 1. The first-order chi connectivity index (χ1) is 12.2. The van der Waals surface area contributed by atoms with E-state index in [1.54, 1.807) is 18.2 Å². The van der Waals surface area contributed by atoms with Gasteiger partial charge in [-0.1, -0.05) is 84.9 Å². The molecule has 25 heavy (non-hydrogen) atoms. The summed E-state index contributed by atoms with van der Waals surface area (Å²) in [6.45, 7) is 0. The van der Waals surface area contributed by atoms with E-state index in [4.69, 9.17) is 0 Å². The Hall–Kier alpha value is -2.70. The third-order valence-electron chi connectivity index (χ3n) is 4.43. The fourth-order valence-corrected chi connectivity index (χ4v) is 6.08. The molecule has 0 amide bonds. The van der Waals surface area contributed by atoms with Crippen LogP contribution in [0.25, 0.3) is 10.8 Å². The van der Waals surface area contributed by atoms with E-state index in [1.807, 2.05) is 72.8 Å². The van der Waals surface area contributed by atoms with Crippen LogP contribution in [-0.4, -0.2) is 0 Å². The number of benzene rings is 4. The molecule has 122 valence electrons. The van der Waals surface area contributed by atoms with Crippen LogP contribution in [0.4, 0.5) is 4.39 Å². The smallest absolute Gasteiger partial charge is 0.171 e. The highest BCUT2D eigenvalue weighted by molar-refractivity contribution is 7.85. The third-order valence-corrected chi connectivity index (χ3v) is 7.55. The molecule has 0 saturated carbocycles. The molecular formula is C22H16FOP. The average molecular weight is 346 g/mol. The van der Waals surface area contributed by atoms with Crippen molar-refractivity contribution in [3.05, 3.63) is 103 Å². The summed E-state index contributed by atoms with van der Waals surface area (Å²) < 4.78 is 28.7. The van der Waals surface area contributed by atoms with E-state index in [0.717, 1.165) is 10.6 Å². The molecule has 4 aromatic rings. The van der Waals surface area contributed by atoms with E-state index < -0.39 is 7.14 Å². The Morgan fingerprint density at radius 3 is 1.60 bits per heavy atom. The van der Waals surface area contributed by atoms with Gasteiger partial charge in [0.05, 0.1) is 0 Å². The summed E-state index contributed by atoms with van der Waals surface area (Å²) in [5.74, 6) is -0.299. The molecule has 0 fully saturated rings. The zero-order chi connectivity index (χ0) is 17.3.